The number of hydrogen-bond donors (Lipinski definition) is 2. The molecule has 0 atom stereocenters. The summed E-state index contributed by atoms with van der Waals surface area (Å²) in [6.07, 6.45) is 5.58. The van der Waals surface area contributed by atoms with Gasteiger partial charge in [-0.25, -0.2) is 0 Å². The number of fused-ring (bicyclic) bond motifs is 2. The Kier molecular flexibility index (Phi) is 3.35. The molecule has 1 aromatic heterocycles. The molecule has 4 nitrogen and oxygen atoms in total. The summed E-state index contributed by atoms with van der Waals surface area (Å²) >= 11 is 0. The van der Waals surface area contributed by atoms with E-state index in [0.717, 1.165) is 16.7 Å². The lowest BCUT2D eigenvalue weighted by Gasteiger charge is -2.15. The van der Waals surface area contributed by atoms with E-state index in [1.165, 1.54) is 0 Å². The number of nitrogens with two attached hydrogens (primary N) is 1. The van der Waals surface area contributed by atoms with Gasteiger partial charge in [-0.2, -0.15) is 0 Å². The second kappa shape index (κ2) is 5.66. The van der Waals surface area contributed by atoms with Gasteiger partial charge in [-0.15, -0.1) is 0 Å². The molecular weight excluding hydrogens is 298 g/mol. The van der Waals surface area contributed by atoms with Crippen LogP contribution in [0.1, 0.15) is 21.6 Å². The number of nitrogens with one attached hydrogen (secondary N) is 1. The second-order valence-electron chi connectivity index (χ2n) is 5.66. The van der Waals surface area contributed by atoms with E-state index in [1.807, 2.05) is 60.7 Å². The van der Waals surface area contributed by atoms with Crippen molar-refractivity contribution in [2.45, 2.75) is 0 Å². The van der Waals surface area contributed by atoms with Crippen molar-refractivity contribution in [2.24, 2.45) is 0 Å². The number of carbonyl (C=O) groups is 1. The van der Waals surface area contributed by atoms with Gasteiger partial charge in [0.15, 0.2) is 0 Å². The highest BCUT2D eigenvalue weighted by molar-refractivity contribution is 6.09. The summed E-state index contributed by atoms with van der Waals surface area (Å²) in [6, 6.07) is 17.2. The number of aromatic nitrogens is 1. The fourth-order valence-electron chi connectivity index (χ4n) is 2.76. The predicted octanol–water partition coefficient (Wildman–Crippen LogP) is 4.07. The first-order valence-electron chi connectivity index (χ1n) is 7.65. The molecule has 0 fully saturated rings. The van der Waals surface area contributed by atoms with Crippen LogP contribution in [0.25, 0.3) is 23.3 Å². The quantitative estimate of drug-likeness (QED) is 0.666. The third-order valence-corrected chi connectivity index (χ3v) is 4.02. The second-order valence-corrected chi connectivity index (χ2v) is 5.66. The summed E-state index contributed by atoms with van der Waals surface area (Å²) in [5, 5.41) is 2.93. The van der Waals surface area contributed by atoms with Crippen molar-refractivity contribution >= 4 is 29.4 Å². The fourth-order valence-corrected chi connectivity index (χ4v) is 2.76. The molecule has 0 spiro atoms. The van der Waals surface area contributed by atoms with Gasteiger partial charge in [-0.3, -0.25) is 9.78 Å². The van der Waals surface area contributed by atoms with Gasteiger partial charge in [0.2, 0.25) is 0 Å². The molecule has 1 aliphatic heterocycles. The highest BCUT2D eigenvalue weighted by Crippen LogP contribution is 2.27. The summed E-state index contributed by atoms with van der Waals surface area (Å²) in [6.45, 7) is 0. The molecule has 1 aliphatic rings. The van der Waals surface area contributed by atoms with Crippen LogP contribution in [0.2, 0.25) is 0 Å². The minimum absolute atomic E-state index is 0.188. The zero-order valence-electron chi connectivity index (χ0n) is 12.9. The molecule has 4 heteroatoms. The SMILES string of the molecule is Nc1ccc2c(c1)NC(=O)c1cc(-c3ccccc3)cnc1C=C2. The highest BCUT2D eigenvalue weighted by atomic mass is 16.1. The lowest BCUT2D eigenvalue weighted by atomic mass is 10.0. The van der Waals surface area contributed by atoms with E-state index < -0.39 is 0 Å². The molecule has 0 saturated carbocycles. The Bertz CT molecular complexity index is 962. The summed E-state index contributed by atoms with van der Waals surface area (Å²) in [5.74, 6) is -0.188. The normalized spacial score (nSPS) is 12.6. The molecule has 2 aromatic carbocycles. The monoisotopic (exact) mass is 313 g/mol. The minimum Gasteiger partial charge on any atom is -0.399 e. The third kappa shape index (κ3) is 2.54. The average molecular weight is 313 g/mol. The molecule has 0 saturated heterocycles. The first-order valence-corrected chi connectivity index (χ1v) is 7.65. The van der Waals surface area contributed by atoms with Crippen LogP contribution in [0.4, 0.5) is 11.4 Å². The van der Waals surface area contributed by atoms with E-state index in [0.29, 0.717) is 22.6 Å². The summed E-state index contributed by atoms with van der Waals surface area (Å²) in [4.78, 5) is 17.2. The van der Waals surface area contributed by atoms with Gasteiger partial charge < -0.3 is 11.1 Å². The molecule has 1 amide bonds. The molecule has 3 aromatic rings. The molecule has 0 aliphatic carbocycles. The van der Waals surface area contributed by atoms with Crippen LogP contribution >= 0.6 is 0 Å². The number of amides is 1. The predicted molar refractivity (Wildman–Crippen MR) is 97.4 cm³/mol. The molecule has 0 bridgehead atoms. The zero-order chi connectivity index (χ0) is 16.5. The largest absolute Gasteiger partial charge is 0.399 e. The van der Waals surface area contributed by atoms with Gasteiger partial charge in [-0.05, 0) is 35.4 Å². The molecule has 0 radical (unpaired) electrons. The molecular formula is C20H15N3O. The smallest absolute Gasteiger partial charge is 0.257 e. The number of nitrogens with zero attached hydrogens (tertiary/aromatic N) is 1. The van der Waals surface area contributed by atoms with Gasteiger partial charge in [0.1, 0.15) is 0 Å². The summed E-state index contributed by atoms with van der Waals surface area (Å²) in [7, 11) is 0. The first kappa shape index (κ1) is 14.2. The van der Waals surface area contributed by atoms with Crippen molar-refractivity contribution in [3.8, 4) is 11.1 Å². The van der Waals surface area contributed by atoms with Crippen molar-refractivity contribution in [3.05, 3.63) is 77.6 Å². The van der Waals surface area contributed by atoms with Crippen LogP contribution in [0.5, 0.6) is 0 Å². The molecule has 4 rings (SSSR count). The lowest BCUT2D eigenvalue weighted by Crippen LogP contribution is -2.16. The Morgan fingerprint density at radius 1 is 0.917 bits per heavy atom. The Hall–Kier alpha value is -3.40. The van der Waals surface area contributed by atoms with E-state index >= 15 is 0 Å². The average Bonchev–Trinajstić information content (AvgIpc) is 2.60. The first-order chi connectivity index (χ1) is 11.7. The van der Waals surface area contributed by atoms with Gasteiger partial charge >= 0.3 is 0 Å². The maximum atomic E-state index is 12.7. The maximum Gasteiger partial charge on any atom is 0.257 e. The van der Waals surface area contributed by atoms with Crippen LogP contribution in [0, 0.1) is 0 Å². The number of carbonyl (C=O) groups excluding carboxylic acids is 1. The van der Waals surface area contributed by atoms with Crippen LogP contribution in [0.3, 0.4) is 0 Å². The van der Waals surface area contributed by atoms with Gasteiger partial charge in [0.25, 0.3) is 5.91 Å². The zero-order valence-corrected chi connectivity index (χ0v) is 12.9. The third-order valence-electron chi connectivity index (χ3n) is 4.02. The van der Waals surface area contributed by atoms with E-state index in [2.05, 4.69) is 10.3 Å². The van der Waals surface area contributed by atoms with Crippen molar-refractivity contribution in [2.75, 3.05) is 11.1 Å². The number of rotatable bonds is 1. The standard InChI is InChI=1S/C20H15N3O/c21-16-8-6-14-7-9-18-17(20(24)23-19(14)11-16)10-15(12-22-18)13-4-2-1-3-5-13/h1-12H,21H2,(H,23,24). The number of nitrogen functional groups attached to an aromatic ring is 1. The Balaban J connectivity index is 1.82. The maximum absolute atomic E-state index is 12.7. The van der Waals surface area contributed by atoms with Crippen LogP contribution in [0.15, 0.2) is 60.8 Å². The molecule has 3 N–H and O–H groups in total. The lowest BCUT2D eigenvalue weighted by molar-refractivity contribution is 0.102. The molecule has 0 unspecified atom stereocenters. The number of pyridine rings is 1. The van der Waals surface area contributed by atoms with Gasteiger partial charge in [0.05, 0.1) is 16.9 Å². The Morgan fingerprint density at radius 3 is 2.58 bits per heavy atom. The van der Waals surface area contributed by atoms with Crippen molar-refractivity contribution in [3.63, 3.8) is 0 Å². The Morgan fingerprint density at radius 2 is 1.75 bits per heavy atom. The van der Waals surface area contributed by atoms with Gasteiger partial charge in [-0.1, -0.05) is 42.5 Å². The van der Waals surface area contributed by atoms with E-state index in [1.54, 1.807) is 12.3 Å². The topological polar surface area (TPSA) is 68.0 Å². The van der Waals surface area contributed by atoms with Gasteiger partial charge in [0, 0.05) is 17.4 Å². The van der Waals surface area contributed by atoms with Crippen LogP contribution in [-0.4, -0.2) is 10.9 Å². The highest BCUT2D eigenvalue weighted by Gasteiger charge is 2.16. The van der Waals surface area contributed by atoms with E-state index in [4.69, 9.17) is 5.73 Å². The van der Waals surface area contributed by atoms with Crippen LogP contribution in [-0.2, 0) is 0 Å². The van der Waals surface area contributed by atoms with Crippen molar-refractivity contribution in [1.82, 2.24) is 4.98 Å². The number of anilines is 2. The molecule has 24 heavy (non-hydrogen) atoms. The van der Waals surface area contributed by atoms with E-state index in [-0.39, 0.29) is 5.91 Å². The number of benzene rings is 2. The minimum atomic E-state index is -0.188. The molecule has 116 valence electrons. The molecule has 2 heterocycles. The Labute approximate surface area is 139 Å². The van der Waals surface area contributed by atoms with Crippen molar-refractivity contribution in [1.29, 1.82) is 0 Å². The summed E-state index contributed by atoms with van der Waals surface area (Å²) < 4.78 is 0. The fraction of sp³-hybridized carbons (Fsp3) is 0. The van der Waals surface area contributed by atoms with Crippen molar-refractivity contribution < 1.29 is 4.79 Å². The number of hydrogen-bond acceptors (Lipinski definition) is 3. The summed E-state index contributed by atoms with van der Waals surface area (Å²) in [5.41, 5.74) is 11.2. The van der Waals surface area contributed by atoms with Crippen LogP contribution < -0.4 is 11.1 Å². The van der Waals surface area contributed by atoms with E-state index in [9.17, 15) is 4.79 Å².